The van der Waals surface area contributed by atoms with Crippen LogP contribution in [0.4, 0.5) is 0 Å². The Kier molecular flexibility index (Phi) is 33.2. The maximum absolute atomic E-state index is 11.0. The third-order valence-corrected chi connectivity index (χ3v) is 9.77. The van der Waals surface area contributed by atoms with Crippen LogP contribution in [0.1, 0.15) is 206 Å². The van der Waals surface area contributed by atoms with Crippen molar-refractivity contribution in [2.45, 2.75) is 211 Å². The number of unbranched alkanes of at least 4 members (excludes halogenated alkanes) is 27. The average molecular weight is 599 g/mol. The third-order valence-electron chi connectivity index (χ3n) is 8.45. The van der Waals surface area contributed by atoms with Crippen molar-refractivity contribution in [1.82, 2.24) is 0 Å². The fraction of sp³-hybridized carbons (Fsp3) is 0.944. The van der Waals surface area contributed by atoms with E-state index in [1.807, 2.05) is 0 Å². The Morgan fingerprint density at radius 3 is 1.02 bits per heavy atom. The minimum Gasteiger partial charge on any atom is -0.481 e. The highest BCUT2D eigenvalue weighted by atomic mass is 32.2. The van der Waals surface area contributed by atoms with Crippen LogP contribution < -0.4 is 0 Å². The molecule has 244 valence electrons. The summed E-state index contributed by atoms with van der Waals surface area (Å²) in [6.45, 7) is 2.29. The predicted molar refractivity (Wildman–Crippen MR) is 180 cm³/mol. The molecule has 5 heteroatoms. The van der Waals surface area contributed by atoms with Crippen LogP contribution in [0.5, 0.6) is 0 Å². The molecule has 4 nitrogen and oxygen atoms in total. The zero-order valence-corrected chi connectivity index (χ0v) is 28.1. The number of carboxylic acids is 2. The molecule has 0 aliphatic carbocycles. The van der Waals surface area contributed by atoms with Gasteiger partial charge in [-0.3, -0.25) is 9.59 Å². The quantitative estimate of drug-likeness (QED) is 0.0710. The van der Waals surface area contributed by atoms with Gasteiger partial charge in [0.05, 0.1) is 12.8 Å². The molecule has 0 amide bonds. The molecule has 0 aromatic carbocycles. The SMILES string of the molecule is CCCCCCCCCCCCCCCCCCCCCCCCCCCCCCC(CC(=O)O)SCCC(=O)O. The Balaban J connectivity index is 3.24. The summed E-state index contributed by atoms with van der Waals surface area (Å²) in [5.74, 6) is -1.08. The second-order valence-electron chi connectivity index (χ2n) is 12.6. The van der Waals surface area contributed by atoms with Gasteiger partial charge in [0, 0.05) is 11.0 Å². The first-order valence-electron chi connectivity index (χ1n) is 18.1. The Hall–Kier alpha value is -0.710. The van der Waals surface area contributed by atoms with Crippen LogP contribution in [-0.4, -0.2) is 33.2 Å². The van der Waals surface area contributed by atoms with Crippen molar-refractivity contribution in [1.29, 1.82) is 0 Å². The lowest BCUT2D eigenvalue weighted by Crippen LogP contribution is -2.11. The fourth-order valence-corrected chi connectivity index (χ4v) is 7.01. The number of hydrogen-bond donors (Lipinski definition) is 2. The van der Waals surface area contributed by atoms with Gasteiger partial charge >= 0.3 is 11.9 Å². The van der Waals surface area contributed by atoms with E-state index in [9.17, 15) is 9.59 Å². The molecular formula is C36H70O4S. The first kappa shape index (κ1) is 40.3. The van der Waals surface area contributed by atoms with Gasteiger partial charge in [-0.1, -0.05) is 187 Å². The van der Waals surface area contributed by atoms with Gasteiger partial charge in [0.2, 0.25) is 0 Å². The summed E-state index contributed by atoms with van der Waals surface area (Å²) in [6, 6.07) is 0. The summed E-state index contributed by atoms with van der Waals surface area (Å²) in [4.78, 5) is 21.7. The maximum Gasteiger partial charge on any atom is 0.304 e. The van der Waals surface area contributed by atoms with E-state index < -0.39 is 11.9 Å². The number of aliphatic carboxylic acids is 2. The molecule has 1 atom stereocenters. The van der Waals surface area contributed by atoms with E-state index >= 15 is 0 Å². The highest BCUT2D eigenvalue weighted by Gasteiger charge is 2.14. The zero-order chi connectivity index (χ0) is 30.1. The first-order chi connectivity index (χ1) is 20.1. The maximum atomic E-state index is 11.0. The molecule has 0 radical (unpaired) electrons. The van der Waals surface area contributed by atoms with Gasteiger partial charge in [-0.2, -0.15) is 11.8 Å². The second-order valence-corrected chi connectivity index (χ2v) is 14.0. The van der Waals surface area contributed by atoms with Crippen LogP contribution in [0.2, 0.25) is 0 Å². The lowest BCUT2D eigenvalue weighted by atomic mass is 10.0. The standard InChI is InChI=1S/C36H70O4S/c1-2-3-4-5-6-7-8-9-10-11-12-13-14-15-16-17-18-19-20-21-22-23-24-25-26-27-28-29-30-34(33-36(39)40)41-32-31-35(37)38/h34H,2-33H2,1H3,(H,37,38)(H,39,40). The van der Waals surface area contributed by atoms with Crippen LogP contribution in [0.3, 0.4) is 0 Å². The van der Waals surface area contributed by atoms with Gasteiger partial charge in [0.25, 0.3) is 0 Å². The van der Waals surface area contributed by atoms with Gasteiger partial charge in [-0.25, -0.2) is 0 Å². The minimum absolute atomic E-state index is 0.0518. The molecule has 0 saturated carbocycles. The Morgan fingerprint density at radius 2 is 0.756 bits per heavy atom. The number of thioether (sulfide) groups is 1. The van der Waals surface area contributed by atoms with E-state index in [0.717, 1.165) is 19.3 Å². The molecule has 41 heavy (non-hydrogen) atoms. The van der Waals surface area contributed by atoms with Crippen molar-refractivity contribution in [3.05, 3.63) is 0 Å². The monoisotopic (exact) mass is 598 g/mol. The fourth-order valence-electron chi connectivity index (χ4n) is 5.79. The Labute approximate surface area is 260 Å². The van der Waals surface area contributed by atoms with E-state index in [-0.39, 0.29) is 18.1 Å². The van der Waals surface area contributed by atoms with Crippen LogP contribution >= 0.6 is 11.8 Å². The van der Waals surface area contributed by atoms with Crippen molar-refractivity contribution < 1.29 is 19.8 Å². The van der Waals surface area contributed by atoms with Gasteiger partial charge in [0.15, 0.2) is 0 Å². The van der Waals surface area contributed by atoms with Crippen LogP contribution in [0.25, 0.3) is 0 Å². The summed E-state index contributed by atoms with van der Waals surface area (Å²) in [5, 5.41) is 17.9. The van der Waals surface area contributed by atoms with E-state index in [4.69, 9.17) is 10.2 Å². The Morgan fingerprint density at radius 1 is 0.463 bits per heavy atom. The lowest BCUT2D eigenvalue weighted by Gasteiger charge is -2.13. The first-order valence-corrected chi connectivity index (χ1v) is 19.2. The zero-order valence-electron chi connectivity index (χ0n) is 27.3. The Bertz CT molecular complexity index is 554. The van der Waals surface area contributed by atoms with Crippen molar-refractivity contribution in [2.24, 2.45) is 0 Å². The average Bonchev–Trinajstić information content (AvgIpc) is 2.94. The van der Waals surface area contributed by atoms with E-state index in [0.29, 0.717) is 5.75 Å². The van der Waals surface area contributed by atoms with Crippen molar-refractivity contribution >= 4 is 23.7 Å². The number of carboxylic acid groups (broad SMARTS) is 2. The molecule has 0 aromatic rings. The van der Waals surface area contributed by atoms with Gasteiger partial charge in [0.1, 0.15) is 0 Å². The summed E-state index contributed by atoms with van der Waals surface area (Å²) < 4.78 is 0. The highest BCUT2D eigenvalue weighted by Crippen LogP contribution is 2.23. The van der Waals surface area contributed by atoms with Crippen molar-refractivity contribution in [3.63, 3.8) is 0 Å². The molecule has 0 fully saturated rings. The van der Waals surface area contributed by atoms with Crippen LogP contribution in [0, 0.1) is 0 Å². The molecule has 0 saturated heterocycles. The molecular weight excluding hydrogens is 528 g/mol. The lowest BCUT2D eigenvalue weighted by molar-refractivity contribution is -0.137. The molecule has 0 heterocycles. The smallest absolute Gasteiger partial charge is 0.304 e. The number of carbonyl (C=O) groups is 2. The largest absolute Gasteiger partial charge is 0.481 e. The van der Waals surface area contributed by atoms with Crippen molar-refractivity contribution in [3.8, 4) is 0 Å². The van der Waals surface area contributed by atoms with Gasteiger partial charge < -0.3 is 10.2 Å². The van der Waals surface area contributed by atoms with Crippen molar-refractivity contribution in [2.75, 3.05) is 5.75 Å². The molecule has 0 aliphatic heterocycles. The second kappa shape index (κ2) is 33.8. The van der Waals surface area contributed by atoms with Gasteiger partial charge in [-0.05, 0) is 6.42 Å². The summed E-state index contributed by atoms with van der Waals surface area (Å²) in [5.41, 5.74) is 0. The normalized spacial score (nSPS) is 12.1. The molecule has 1 unspecified atom stereocenters. The van der Waals surface area contributed by atoms with Gasteiger partial charge in [-0.15, -0.1) is 0 Å². The third kappa shape index (κ3) is 35.4. The van der Waals surface area contributed by atoms with Crippen LogP contribution in [-0.2, 0) is 9.59 Å². The summed E-state index contributed by atoms with van der Waals surface area (Å²) in [7, 11) is 0. The van der Waals surface area contributed by atoms with E-state index in [2.05, 4.69) is 6.92 Å². The molecule has 0 aromatic heterocycles. The molecule has 0 rings (SSSR count). The topological polar surface area (TPSA) is 74.6 Å². The minimum atomic E-state index is -0.808. The van der Waals surface area contributed by atoms with E-state index in [1.54, 1.807) is 0 Å². The number of hydrogen-bond acceptors (Lipinski definition) is 3. The molecule has 0 bridgehead atoms. The summed E-state index contributed by atoms with van der Waals surface area (Å²) >= 11 is 1.51. The molecule has 0 spiro atoms. The number of rotatable bonds is 35. The molecule has 0 aliphatic rings. The van der Waals surface area contributed by atoms with E-state index in [1.165, 1.54) is 179 Å². The molecule has 2 N–H and O–H groups in total. The summed E-state index contributed by atoms with van der Waals surface area (Å²) in [6.07, 6.45) is 40.2. The highest BCUT2D eigenvalue weighted by molar-refractivity contribution is 7.99. The predicted octanol–water partition coefficient (Wildman–Crippen LogP) is 12.4. The van der Waals surface area contributed by atoms with Crippen LogP contribution in [0.15, 0.2) is 0 Å².